The van der Waals surface area contributed by atoms with E-state index in [2.05, 4.69) is 9.47 Å². The molecule has 7 heavy (non-hydrogen) atoms. The van der Waals surface area contributed by atoms with E-state index < -0.39 is 12.9 Å². The molecular formula is C3H6O4. The van der Waals surface area contributed by atoms with Crippen molar-refractivity contribution in [2.75, 3.05) is 13.9 Å². The molecule has 0 aliphatic carbocycles. The Kier molecular flexibility index (Phi) is 3.04. The van der Waals surface area contributed by atoms with E-state index in [-0.39, 0.29) is 0 Å². The highest BCUT2D eigenvalue weighted by molar-refractivity contribution is 5.59. The summed E-state index contributed by atoms with van der Waals surface area (Å²) in [6.45, 7) is -0.632. The van der Waals surface area contributed by atoms with Crippen LogP contribution in [0, 0.1) is 0 Å². The van der Waals surface area contributed by atoms with Gasteiger partial charge in [-0.2, -0.15) is 0 Å². The molecule has 42 valence electrons. The van der Waals surface area contributed by atoms with Crippen LogP contribution in [0.4, 0.5) is 4.79 Å². The van der Waals surface area contributed by atoms with Gasteiger partial charge in [0.1, 0.15) is 0 Å². The fourth-order valence-corrected chi connectivity index (χ4v) is 0.112. The zero-order valence-corrected chi connectivity index (χ0v) is 3.88. The Bertz CT molecular complexity index is 60.0. The molecule has 0 aromatic heterocycles. The second kappa shape index (κ2) is 3.42. The van der Waals surface area contributed by atoms with Gasteiger partial charge in [0.2, 0.25) is 0 Å². The zero-order valence-electron chi connectivity index (χ0n) is 3.88. The lowest BCUT2D eigenvalue weighted by atomic mass is 11.3. The maximum atomic E-state index is 9.81. The van der Waals surface area contributed by atoms with E-state index in [4.69, 9.17) is 5.11 Å². The van der Waals surface area contributed by atoms with Gasteiger partial charge in [0, 0.05) is 0 Å². The Labute approximate surface area is 40.7 Å². The van der Waals surface area contributed by atoms with E-state index in [9.17, 15) is 4.79 Å². The second-order valence-electron chi connectivity index (χ2n) is 0.728. The summed E-state index contributed by atoms with van der Waals surface area (Å²) in [6.07, 6.45) is -0.873. The highest BCUT2D eigenvalue weighted by Crippen LogP contribution is 1.76. The van der Waals surface area contributed by atoms with Crippen LogP contribution in [0.15, 0.2) is 0 Å². The Morgan fingerprint density at radius 1 is 1.86 bits per heavy atom. The molecular weight excluding hydrogens is 100 g/mol. The van der Waals surface area contributed by atoms with Gasteiger partial charge in [0.25, 0.3) is 0 Å². The van der Waals surface area contributed by atoms with Crippen molar-refractivity contribution in [2.45, 2.75) is 0 Å². The number of hydrogen-bond donors (Lipinski definition) is 1. The van der Waals surface area contributed by atoms with E-state index in [1.165, 1.54) is 0 Å². The number of rotatable bonds is 1. The van der Waals surface area contributed by atoms with E-state index in [1.54, 1.807) is 0 Å². The van der Waals surface area contributed by atoms with Gasteiger partial charge in [-0.15, -0.1) is 0 Å². The lowest BCUT2D eigenvalue weighted by Gasteiger charge is -1.94. The number of carbonyl (C=O) groups is 1. The average molecular weight is 106 g/mol. The molecule has 0 aromatic rings. The molecule has 0 unspecified atom stereocenters. The summed E-state index contributed by atoms with van der Waals surface area (Å²) in [5.74, 6) is 0. The molecule has 0 fully saturated rings. The van der Waals surface area contributed by atoms with E-state index in [0.29, 0.717) is 0 Å². The van der Waals surface area contributed by atoms with Crippen molar-refractivity contribution in [2.24, 2.45) is 0 Å². The molecule has 0 spiro atoms. The predicted molar refractivity (Wildman–Crippen MR) is 20.6 cm³/mol. The van der Waals surface area contributed by atoms with E-state index >= 15 is 0 Å². The van der Waals surface area contributed by atoms with Gasteiger partial charge in [0.15, 0.2) is 6.79 Å². The Morgan fingerprint density at radius 2 is 2.43 bits per heavy atom. The molecule has 0 radical (unpaired) electrons. The molecule has 0 aliphatic rings. The Morgan fingerprint density at radius 3 is 2.57 bits per heavy atom. The first-order valence-corrected chi connectivity index (χ1v) is 1.63. The molecule has 0 aromatic carbocycles. The summed E-state index contributed by atoms with van der Waals surface area (Å²) in [5.41, 5.74) is 0. The maximum absolute atomic E-state index is 9.81. The van der Waals surface area contributed by atoms with Crippen LogP contribution in [0.2, 0.25) is 0 Å². The largest absolute Gasteiger partial charge is 0.510 e. The summed E-state index contributed by atoms with van der Waals surface area (Å²) >= 11 is 0. The molecule has 0 heterocycles. The van der Waals surface area contributed by atoms with E-state index in [0.717, 1.165) is 7.11 Å². The molecule has 0 saturated heterocycles. The second-order valence-corrected chi connectivity index (χ2v) is 0.728. The van der Waals surface area contributed by atoms with Gasteiger partial charge in [-0.3, -0.25) is 0 Å². The van der Waals surface area contributed by atoms with Gasteiger partial charge in [-0.25, -0.2) is 4.79 Å². The highest BCUT2D eigenvalue weighted by atomic mass is 16.7. The first kappa shape index (κ1) is 6.23. The standard InChI is InChI=1S/C3H6O4/c1-6-3(5)7-2-4/h4H,2H2,1H3. The van der Waals surface area contributed by atoms with Crippen molar-refractivity contribution in [1.82, 2.24) is 0 Å². The Balaban J connectivity index is 3.00. The van der Waals surface area contributed by atoms with Crippen molar-refractivity contribution in [3.05, 3.63) is 0 Å². The topological polar surface area (TPSA) is 55.8 Å². The fourth-order valence-electron chi connectivity index (χ4n) is 0.112. The summed E-state index contributed by atoms with van der Waals surface area (Å²) in [6, 6.07) is 0. The molecule has 0 aliphatic heterocycles. The molecule has 0 saturated carbocycles. The number of hydrogen-bond acceptors (Lipinski definition) is 4. The summed E-state index contributed by atoms with van der Waals surface area (Å²) in [4.78, 5) is 9.81. The minimum absolute atomic E-state index is 0.632. The monoisotopic (exact) mass is 106 g/mol. The quantitative estimate of drug-likeness (QED) is 0.369. The van der Waals surface area contributed by atoms with Crippen LogP contribution in [0.25, 0.3) is 0 Å². The fraction of sp³-hybridized carbons (Fsp3) is 0.667. The number of aliphatic hydroxyl groups is 1. The first-order valence-electron chi connectivity index (χ1n) is 1.63. The van der Waals surface area contributed by atoms with Gasteiger partial charge in [0.05, 0.1) is 7.11 Å². The highest BCUT2D eigenvalue weighted by Gasteiger charge is 1.93. The molecule has 0 rings (SSSR count). The van der Waals surface area contributed by atoms with Crippen molar-refractivity contribution in [3.8, 4) is 0 Å². The van der Waals surface area contributed by atoms with Crippen molar-refractivity contribution >= 4 is 6.16 Å². The van der Waals surface area contributed by atoms with Gasteiger partial charge >= 0.3 is 6.16 Å². The van der Waals surface area contributed by atoms with Crippen LogP contribution in [0.1, 0.15) is 0 Å². The minimum atomic E-state index is -0.873. The summed E-state index contributed by atoms with van der Waals surface area (Å²) < 4.78 is 7.85. The number of methoxy groups -OCH3 is 1. The normalized spacial score (nSPS) is 7.71. The lowest BCUT2D eigenvalue weighted by molar-refractivity contribution is 0.00373. The van der Waals surface area contributed by atoms with Gasteiger partial charge < -0.3 is 14.6 Å². The van der Waals surface area contributed by atoms with Crippen LogP contribution in [-0.4, -0.2) is 25.2 Å². The average Bonchev–Trinajstić information content (AvgIpc) is 1.68. The number of carbonyl (C=O) groups excluding carboxylic acids is 1. The summed E-state index contributed by atoms with van der Waals surface area (Å²) in [7, 11) is 1.16. The minimum Gasteiger partial charge on any atom is -0.438 e. The van der Waals surface area contributed by atoms with Crippen LogP contribution in [-0.2, 0) is 9.47 Å². The molecule has 0 atom stereocenters. The van der Waals surface area contributed by atoms with Crippen molar-refractivity contribution in [1.29, 1.82) is 0 Å². The summed E-state index contributed by atoms with van der Waals surface area (Å²) in [5, 5.41) is 7.84. The molecule has 0 amide bonds. The molecule has 0 bridgehead atoms. The van der Waals surface area contributed by atoms with Crippen LogP contribution >= 0.6 is 0 Å². The van der Waals surface area contributed by atoms with E-state index in [1.807, 2.05) is 0 Å². The van der Waals surface area contributed by atoms with Gasteiger partial charge in [-0.05, 0) is 0 Å². The third-order valence-electron chi connectivity index (χ3n) is 0.349. The third-order valence-corrected chi connectivity index (χ3v) is 0.349. The molecule has 1 N–H and O–H groups in total. The SMILES string of the molecule is COC(=O)OCO. The molecule has 4 nitrogen and oxygen atoms in total. The van der Waals surface area contributed by atoms with Crippen LogP contribution in [0.5, 0.6) is 0 Å². The zero-order chi connectivity index (χ0) is 5.70. The number of aliphatic hydroxyl groups excluding tert-OH is 1. The number of ether oxygens (including phenoxy) is 2. The van der Waals surface area contributed by atoms with Crippen molar-refractivity contribution < 1.29 is 19.4 Å². The van der Waals surface area contributed by atoms with Crippen molar-refractivity contribution in [3.63, 3.8) is 0 Å². The molecule has 4 heteroatoms. The van der Waals surface area contributed by atoms with Crippen LogP contribution in [0.3, 0.4) is 0 Å². The third kappa shape index (κ3) is 3.05. The van der Waals surface area contributed by atoms with Gasteiger partial charge in [-0.1, -0.05) is 0 Å². The predicted octanol–water partition coefficient (Wildman–Crippen LogP) is -0.281. The van der Waals surface area contributed by atoms with Crippen LogP contribution < -0.4 is 0 Å². The smallest absolute Gasteiger partial charge is 0.438 e. The Hall–Kier alpha value is -0.770. The maximum Gasteiger partial charge on any atom is 0.510 e. The first-order chi connectivity index (χ1) is 3.31. The lowest BCUT2D eigenvalue weighted by Crippen LogP contribution is -2.03.